The predicted molar refractivity (Wildman–Crippen MR) is 158 cm³/mol. The normalized spacial score (nSPS) is 25.4. The summed E-state index contributed by atoms with van der Waals surface area (Å²) in [5.41, 5.74) is 2.04. The molecule has 0 radical (unpaired) electrons. The second-order valence-electron chi connectivity index (χ2n) is 10.2. The third kappa shape index (κ3) is 4.18. The molecule has 1 N–H and O–H groups in total. The number of nitrogens with zero attached hydrogens (tertiary/aromatic N) is 2. The molecule has 208 valence electrons. The van der Waals surface area contributed by atoms with Crippen molar-refractivity contribution in [1.82, 2.24) is 0 Å². The van der Waals surface area contributed by atoms with Gasteiger partial charge in [0.15, 0.2) is 23.1 Å². The Kier molecular flexibility index (Phi) is 6.72. The van der Waals surface area contributed by atoms with E-state index in [0.29, 0.717) is 14.7 Å². The van der Waals surface area contributed by atoms with E-state index in [1.165, 1.54) is 37.5 Å². The number of aromatic hydroxyl groups is 1. The smallest absolute Gasteiger partial charge is 0.269 e. The Morgan fingerprint density at radius 2 is 1.80 bits per heavy atom. The van der Waals surface area contributed by atoms with Crippen LogP contribution in [0.2, 0.25) is 0 Å². The van der Waals surface area contributed by atoms with Gasteiger partial charge in [-0.3, -0.25) is 34.2 Å². The molecule has 2 aromatic carbocycles. The topological polar surface area (TPSA) is 144 Å². The molecule has 0 unspecified atom stereocenters. The molecule has 6 rings (SSSR count). The van der Waals surface area contributed by atoms with E-state index in [4.69, 9.17) is 4.74 Å². The van der Waals surface area contributed by atoms with Crippen LogP contribution in [0.5, 0.6) is 11.5 Å². The number of hydrogen-bond donors (Lipinski definition) is 1. The van der Waals surface area contributed by atoms with Gasteiger partial charge >= 0.3 is 0 Å². The van der Waals surface area contributed by atoms with Crippen molar-refractivity contribution in [2.24, 2.45) is 17.8 Å². The quantitative estimate of drug-likeness (QED) is 0.117. The van der Waals surface area contributed by atoms with E-state index in [1.54, 1.807) is 12.1 Å². The third-order valence-electron chi connectivity index (χ3n) is 8.25. The fourth-order valence-corrected chi connectivity index (χ4v) is 7.55. The summed E-state index contributed by atoms with van der Waals surface area (Å²) in [6.07, 6.45) is 3.50. The third-order valence-corrected chi connectivity index (χ3v) is 9.67. The number of imide groups is 1. The molecule has 4 atom stereocenters. The summed E-state index contributed by atoms with van der Waals surface area (Å²) in [5.74, 6) is -4.12. The Morgan fingerprint density at radius 1 is 1.10 bits per heavy atom. The molecule has 3 aliphatic carbocycles. The van der Waals surface area contributed by atoms with E-state index in [9.17, 15) is 34.4 Å². The maximum atomic E-state index is 13.9. The number of hydrogen-bond acceptors (Lipinski definition) is 8. The molecule has 0 spiro atoms. The number of allylic oxidation sites excluding steroid dienone is 6. The average molecular weight is 731 g/mol. The summed E-state index contributed by atoms with van der Waals surface area (Å²) in [6.45, 7) is 0. The highest BCUT2D eigenvalue weighted by atomic mass is 127. The molecule has 1 aliphatic heterocycles. The zero-order valence-corrected chi connectivity index (χ0v) is 25.0. The molecule has 1 fully saturated rings. The lowest BCUT2D eigenvalue weighted by Crippen LogP contribution is -2.39. The number of anilines is 1. The van der Waals surface area contributed by atoms with Crippen molar-refractivity contribution >= 4 is 73.3 Å². The SMILES string of the molecule is COc1cc([C@H]2C3=CC[C@@H]4C(=O)N(c5ccc([N+](=O)[O-])cc5)C(=O)[C@@H]4[C@@H]3CC3=C2C(=O)C=C(Br)C3=O)cc(I)c1O. The van der Waals surface area contributed by atoms with Crippen LogP contribution in [0, 0.1) is 31.4 Å². The number of phenolic OH excluding ortho intramolecular Hbond substituents is 1. The van der Waals surface area contributed by atoms with Gasteiger partial charge in [-0.1, -0.05) is 11.6 Å². The number of halogens is 2. The van der Waals surface area contributed by atoms with E-state index in [1.807, 2.05) is 28.7 Å². The highest BCUT2D eigenvalue weighted by molar-refractivity contribution is 14.1. The first-order valence-electron chi connectivity index (χ1n) is 12.6. The van der Waals surface area contributed by atoms with Gasteiger partial charge in [-0.05, 0) is 87.1 Å². The number of nitro groups is 1. The van der Waals surface area contributed by atoms with Gasteiger partial charge in [-0.25, -0.2) is 0 Å². The number of non-ortho nitro benzene ring substituents is 1. The fourth-order valence-electron chi connectivity index (χ4n) is 6.48. The zero-order valence-electron chi connectivity index (χ0n) is 21.3. The molecule has 0 aromatic heterocycles. The number of rotatable bonds is 4. The monoisotopic (exact) mass is 730 g/mol. The lowest BCUT2D eigenvalue weighted by Gasteiger charge is -2.42. The molecule has 2 amide bonds. The van der Waals surface area contributed by atoms with E-state index < -0.39 is 40.4 Å². The van der Waals surface area contributed by atoms with Gasteiger partial charge < -0.3 is 9.84 Å². The van der Waals surface area contributed by atoms with Crippen molar-refractivity contribution in [3.05, 3.63) is 89.0 Å². The van der Waals surface area contributed by atoms with Gasteiger partial charge in [0.25, 0.3) is 5.69 Å². The van der Waals surface area contributed by atoms with E-state index in [0.717, 1.165) is 10.5 Å². The van der Waals surface area contributed by atoms with Gasteiger partial charge in [0.1, 0.15) is 0 Å². The zero-order chi connectivity index (χ0) is 29.3. The number of carbonyl (C=O) groups excluding carboxylic acids is 4. The van der Waals surface area contributed by atoms with Crippen LogP contribution < -0.4 is 9.64 Å². The Balaban J connectivity index is 1.48. The molecule has 41 heavy (non-hydrogen) atoms. The minimum absolute atomic E-state index is 0.0555. The molecular weight excluding hydrogens is 711 g/mol. The number of benzene rings is 2. The Labute approximate surface area is 255 Å². The molecule has 10 nitrogen and oxygen atoms in total. The van der Waals surface area contributed by atoms with Gasteiger partial charge in [-0.15, -0.1) is 0 Å². The number of amides is 2. The van der Waals surface area contributed by atoms with Crippen LogP contribution >= 0.6 is 38.5 Å². The van der Waals surface area contributed by atoms with Crippen molar-refractivity contribution < 1.29 is 33.9 Å². The first-order chi connectivity index (χ1) is 19.5. The van der Waals surface area contributed by atoms with Crippen molar-refractivity contribution in [2.75, 3.05) is 12.0 Å². The molecule has 12 heteroatoms. The highest BCUT2D eigenvalue weighted by Gasteiger charge is 2.56. The number of nitro benzene ring substituents is 1. The average Bonchev–Trinajstić information content (AvgIpc) is 3.21. The van der Waals surface area contributed by atoms with Crippen LogP contribution in [0.15, 0.2) is 69.8 Å². The standard InChI is InChI=1S/C29H20BrIN2O8/c1-41-22-9-12(8-20(31)27(22)36)23-15-6-7-16-24(17(15)10-18-25(23)21(34)11-19(30)26(18)35)29(38)32(28(16)37)13-2-4-14(5-3-13)33(39)40/h2-6,8-9,11,16-17,23-24,36H,7,10H2,1H3/t16-,17+,23-,24-/m0/s1. The predicted octanol–water partition coefficient (Wildman–Crippen LogP) is 4.88. The van der Waals surface area contributed by atoms with Crippen LogP contribution in [-0.2, 0) is 19.2 Å². The number of Topliss-reactive ketones (excluding diaryl/α,β-unsaturated/α-hetero) is 1. The summed E-state index contributed by atoms with van der Waals surface area (Å²) < 4.78 is 5.98. The molecular formula is C29H20BrIN2O8. The molecule has 4 aliphatic rings. The number of ketones is 2. The van der Waals surface area contributed by atoms with E-state index >= 15 is 0 Å². The van der Waals surface area contributed by atoms with Crippen LogP contribution in [0.1, 0.15) is 24.3 Å². The maximum absolute atomic E-state index is 13.9. The number of ether oxygens (including phenoxy) is 1. The Hall–Kier alpha value is -3.65. The number of methoxy groups -OCH3 is 1. The molecule has 1 heterocycles. The first-order valence-corrected chi connectivity index (χ1v) is 14.5. The lowest BCUT2D eigenvalue weighted by molar-refractivity contribution is -0.384. The minimum Gasteiger partial charge on any atom is -0.504 e. The lowest BCUT2D eigenvalue weighted by atomic mass is 9.59. The summed E-state index contributed by atoms with van der Waals surface area (Å²) in [6, 6.07) is 8.58. The second kappa shape index (κ2) is 10.0. The van der Waals surface area contributed by atoms with Gasteiger partial charge in [0.05, 0.1) is 37.6 Å². The molecule has 2 aromatic rings. The summed E-state index contributed by atoms with van der Waals surface area (Å²) >= 11 is 5.17. The van der Waals surface area contributed by atoms with Gasteiger partial charge in [0.2, 0.25) is 11.8 Å². The molecule has 0 saturated carbocycles. The Morgan fingerprint density at radius 3 is 2.46 bits per heavy atom. The van der Waals surface area contributed by atoms with Crippen LogP contribution in [0.25, 0.3) is 0 Å². The van der Waals surface area contributed by atoms with Gasteiger partial charge in [-0.2, -0.15) is 0 Å². The van der Waals surface area contributed by atoms with E-state index in [-0.39, 0.29) is 57.3 Å². The van der Waals surface area contributed by atoms with Crippen LogP contribution in [0.3, 0.4) is 0 Å². The Bertz CT molecular complexity index is 1690. The van der Waals surface area contributed by atoms with E-state index in [2.05, 4.69) is 15.9 Å². The number of fused-ring (bicyclic) bond motifs is 3. The van der Waals surface area contributed by atoms with Crippen molar-refractivity contribution in [1.29, 1.82) is 0 Å². The minimum atomic E-state index is -0.792. The first kappa shape index (κ1) is 27.5. The van der Waals surface area contributed by atoms with Crippen LogP contribution in [0.4, 0.5) is 11.4 Å². The van der Waals surface area contributed by atoms with Crippen molar-refractivity contribution in [3.8, 4) is 11.5 Å². The number of carbonyl (C=O) groups is 4. The summed E-state index contributed by atoms with van der Waals surface area (Å²) in [4.78, 5) is 65.9. The van der Waals surface area contributed by atoms with Crippen LogP contribution in [-0.4, -0.2) is 40.5 Å². The fraction of sp³-hybridized carbons (Fsp3) is 0.241. The number of phenols is 1. The largest absolute Gasteiger partial charge is 0.504 e. The van der Waals surface area contributed by atoms with Gasteiger partial charge in [0, 0.05) is 35.3 Å². The molecule has 1 saturated heterocycles. The second-order valence-corrected chi connectivity index (χ2v) is 12.2. The van der Waals surface area contributed by atoms with Crippen molar-refractivity contribution in [2.45, 2.75) is 18.8 Å². The summed E-state index contributed by atoms with van der Waals surface area (Å²) in [7, 11) is 1.42. The van der Waals surface area contributed by atoms with Crippen molar-refractivity contribution in [3.63, 3.8) is 0 Å². The molecule has 0 bridgehead atoms. The summed E-state index contributed by atoms with van der Waals surface area (Å²) in [5, 5.41) is 21.6. The maximum Gasteiger partial charge on any atom is 0.269 e. The highest BCUT2D eigenvalue weighted by Crippen LogP contribution is 2.56.